The molecule has 0 spiro atoms. The average molecular weight is 133 g/mol. The SMILES string of the molecule is CCCNSCCC. The van der Waals surface area contributed by atoms with E-state index < -0.39 is 0 Å². The van der Waals surface area contributed by atoms with Gasteiger partial charge in [0.05, 0.1) is 0 Å². The summed E-state index contributed by atoms with van der Waals surface area (Å²) in [5.74, 6) is 1.24. The lowest BCUT2D eigenvalue weighted by Crippen LogP contribution is -2.04. The van der Waals surface area contributed by atoms with Crippen LogP contribution in [0.4, 0.5) is 0 Å². The Morgan fingerprint density at radius 2 is 2.00 bits per heavy atom. The van der Waals surface area contributed by atoms with Crippen molar-refractivity contribution in [3.8, 4) is 0 Å². The molecule has 0 atom stereocenters. The third-order valence-corrected chi connectivity index (χ3v) is 1.78. The van der Waals surface area contributed by atoms with Crippen molar-refractivity contribution in [1.29, 1.82) is 0 Å². The Labute approximate surface area is 56.4 Å². The molecule has 0 saturated carbocycles. The van der Waals surface area contributed by atoms with E-state index >= 15 is 0 Å². The normalized spacial score (nSPS) is 9.75. The molecule has 0 aromatic carbocycles. The molecule has 1 nitrogen and oxygen atoms in total. The van der Waals surface area contributed by atoms with Gasteiger partial charge in [0, 0.05) is 12.3 Å². The van der Waals surface area contributed by atoms with Gasteiger partial charge in [-0.25, -0.2) is 0 Å². The summed E-state index contributed by atoms with van der Waals surface area (Å²) < 4.78 is 3.25. The van der Waals surface area contributed by atoms with Crippen LogP contribution in [0.2, 0.25) is 0 Å². The van der Waals surface area contributed by atoms with Crippen LogP contribution in [0, 0.1) is 0 Å². The monoisotopic (exact) mass is 133 g/mol. The average Bonchev–Trinajstić information content (AvgIpc) is 1.81. The van der Waals surface area contributed by atoms with Gasteiger partial charge in [0.15, 0.2) is 0 Å². The first-order valence-corrected chi connectivity index (χ1v) is 4.25. The molecule has 0 aromatic rings. The molecule has 0 heterocycles. The smallest absolute Gasteiger partial charge is 0.00760 e. The zero-order valence-electron chi connectivity index (χ0n) is 5.74. The van der Waals surface area contributed by atoms with Crippen LogP contribution in [0.3, 0.4) is 0 Å². The minimum Gasteiger partial charge on any atom is -0.264 e. The van der Waals surface area contributed by atoms with Crippen molar-refractivity contribution in [3.05, 3.63) is 0 Å². The highest BCUT2D eigenvalue weighted by atomic mass is 32.2. The Balaban J connectivity index is 2.53. The molecule has 50 valence electrons. The van der Waals surface area contributed by atoms with Gasteiger partial charge in [-0.15, -0.1) is 0 Å². The van der Waals surface area contributed by atoms with Crippen molar-refractivity contribution in [1.82, 2.24) is 4.72 Å². The van der Waals surface area contributed by atoms with Gasteiger partial charge < -0.3 is 0 Å². The highest BCUT2D eigenvalue weighted by molar-refractivity contribution is 7.97. The van der Waals surface area contributed by atoms with E-state index in [2.05, 4.69) is 18.6 Å². The van der Waals surface area contributed by atoms with Crippen LogP contribution in [0.1, 0.15) is 26.7 Å². The summed E-state index contributed by atoms with van der Waals surface area (Å²) in [6.07, 6.45) is 2.50. The van der Waals surface area contributed by atoms with Gasteiger partial charge in [-0.3, -0.25) is 4.72 Å². The summed E-state index contributed by atoms with van der Waals surface area (Å²) in [5, 5.41) is 0. The van der Waals surface area contributed by atoms with E-state index in [9.17, 15) is 0 Å². The van der Waals surface area contributed by atoms with Crippen LogP contribution in [0.5, 0.6) is 0 Å². The summed E-state index contributed by atoms with van der Waals surface area (Å²) in [5.41, 5.74) is 0. The molecule has 2 heteroatoms. The molecule has 0 fully saturated rings. The standard InChI is InChI=1S/C6H15NS/c1-3-5-7-8-6-4-2/h7H,3-6H2,1-2H3. The van der Waals surface area contributed by atoms with Gasteiger partial charge in [-0.1, -0.05) is 25.8 Å². The molecular formula is C6H15NS. The molecular weight excluding hydrogens is 118 g/mol. The first kappa shape index (κ1) is 8.31. The predicted molar refractivity (Wildman–Crippen MR) is 41.0 cm³/mol. The lowest BCUT2D eigenvalue weighted by molar-refractivity contribution is 0.875. The van der Waals surface area contributed by atoms with Crippen molar-refractivity contribution < 1.29 is 0 Å². The fourth-order valence-electron chi connectivity index (χ4n) is 0.348. The Morgan fingerprint density at radius 1 is 1.25 bits per heavy atom. The molecule has 0 amide bonds. The van der Waals surface area contributed by atoms with Gasteiger partial charge in [0.25, 0.3) is 0 Å². The van der Waals surface area contributed by atoms with E-state index in [1.165, 1.54) is 18.6 Å². The van der Waals surface area contributed by atoms with E-state index in [4.69, 9.17) is 0 Å². The minimum atomic E-state index is 1.14. The summed E-state index contributed by atoms with van der Waals surface area (Å²) >= 11 is 1.83. The van der Waals surface area contributed by atoms with Gasteiger partial charge >= 0.3 is 0 Å². The van der Waals surface area contributed by atoms with E-state index in [1.54, 1.807) is 0 Å². The van der Waals surface area contributed by atoms with Gasteiger partial charge in [-0.05, 0) is 12.8 Å². The molecule has 0 unspecified atom stereocenters. The predicted octanol–water partition coefficient (Wildman–Crippen LogP) is 2.04. The fourth-order valence-corrected chi connectivity index (χ4v) is 1.05. The second kappa shape index (κ2) is 7.31. The molecule has 0 saturated heterocycles. The quantitative estimate of drug-likeness (QED) is 0.455. The van der Waals surface area contributed by atoms with Crippen molar-refractivity contribution in [2.24, 2.45) is 0 Å². The highest BCUT2D eigenvalue weighted by Crippen LogP contribution is 1.94. The molecule has 0 aliphatic heterocycles. The summed E-state index contributed by atoms with van der Waals surface area (Å²) in [7, 11) is 0. The van der Waals surface area contributed by atoms with E-state index in [1.807, 2.05) is 11.9 Å². The maximum Gasteiger partial charge on any atom is 0.00760 e. The summed E-state index contributed by atoms with van der Waals surface area (Å²) in [6, 6.07) is 0. The van der Waals surface area contributed by atoms with Gasteiger partial charge in [0.2, 0.25) is 0 Å². The molecule has 1 N–H and O–H groups in total. The largest absolute Gasteiger partial charge is 0.264 e. The minimum absolute atomic E-state index is 1.14. The maximum atomic E-state index is 3.25. The maximum absolute atomic E-state index is 3.25. The van der Waals surface area contributed by atoms with Gasteiger partial charge in [0.1, 0.15) is 0 Å². The Bertz CT molecular complexity index is 33.5. The molecule has 0 rings (SSSR count). The second-order valence-corrected chi connectivity index (χ2v) is 2.73. The van der Waals surface area contributed by atoms with Crippen molar-refractivity contribution >= 4 is 11.9 Å². The third-order valence-electron chi connectivity index (χ3n) is 0.760. The molecule has 0 aliphatic carbocycles. The van der Waals surface area contributed by atoms with E-state index in [-0.39, 0.29) is 0 Å². The summed E-state index contributed by atoms with van der Waals surface area (Å²) in [4.78, 5) is 0. The topological polar surface area (TPSA) is 12.0 Å². The lowest BCUT2D eigenvalue weighted by atomic mass is 10.5. The third kappa shape index (κ3) is 6.31. The van der Waals surface area contributed by atoms with Crippen LogP contribution >= 0.6 is 11.9 Å². The first-order valence-electron chi connectivity index (χ1n) is 3.26. The number of hydrogen-bond donors (Lipinski definition) is 1. The number of rotatable bonds is 5. The number of nitrogens with one attached hydrogen (secondary N) is 1. The highest BCUT2D eigenvalue weighted by Gasteiger charge is 1.81. The molecule has 8 heavy (non-hydrogen) atoms. The van der Waals surface area contributed by atoms with Crippen molar-refractivity contribution in [2.75, 3.05) is 12.3 Å². The molecule has 0 bridgehead atoms. The van der Waals surface area contributed by atoms with Crippen LogP contribution in [-0.2, 0) is 0 Å². The molecule has 0 radical (unpaired) electrons. The Hall–Kier alpha value is 0.310. The lowest BCUT2D eigenvalue weighted by Gasteiger charge is -1.97. The van der Waals surface area contributed by atoms with Crippen molar-refractivity contribution in [3.63, 3.8) is 0 Å². The summed E-state index contributed by atoms with van der Waals surface area (Å²) in [6.45, 7) is 5.52. The zero-order valence-corrected chi connectivity index (χ0v) is 6.55. The Morgan fingerprint density at radius 3 is 2.50 bits per heavy atom. The zero-order chi connectivity index (χ0) is 6.24. The first-order chi connectivity index (χ1) is 3.91. The van der Waals surface area contributed by atoms with Crippen LogP contribution < -0.4 is 4.72 Å². The van der Waals surface area contributed by atoms with E-state index in [0.717, 1.165) is 6.54 Å². The van der Waals surface area contributed by atoms with Crippen molar-refractivity contribution in [2.45, 2.75) is 26.7 Å². The van der Waals surface area contributed by atoms with Crippen LogP contribution in [0.25, 0.3) is 0 Å². The fraction of sp³-hybridized carbons (Fsp3) is 1.00. The van der Waals surface area contributed by atoms with Crippen LogP contribution in [-0.4, -0.2) is 12.3 Å². The van der Waals surface area contributed by atoms with Gasteiger partial charge in [-0.2, -0.15) is 0 Å². The van der Waals surface area contributed by atoms with Crippen LogP contribution in [0.15, 0.2) is 0 Å². The van der Waals surface area contributed by atoms with E-state index in [0.29, 0.717) is 0 Å². The molecule has 0 aliphatic rings. The second-order valence-electron chi connectivity index (χ2n) is 1.74. The number of hydrogen-bond acceptors (Lipinski definition) is 2. The Kier molecular flexibility index (Phi) is 7.59. The molecule has 0 aromatic heterocycles.